The molecule has 0 aliphatic rings. The highest BCUT2D eigenvalue weighted by Gasteiger charge is 2.04. The van der Waals surface area contributed by atoms with Crippen LogP contribution in [-0.4, -0.2) is 6.26 Å². The second kappa shape index (κ2) is 4.49. The summed E-state index contributed by atoms with van der Waals surface area (Å²) in [6.45, 7) is 0. The fourth-order valence-corrected chi connectivity index (χ4v) is 2.19. The first kappa shape index (κ1) is 10.9. The summed E-state index contributed by atoms with van der Waals surface area (Å²) < 4.78 is 0. The van der Waals surface area contributed by atoms with E-state index in [1.54, 1.807) is 11.8 Å². The second-order valence-electron chi connectivity index (χ2n) is 3.54. The highest BCUT2D eigenvalue weighted by Crippen LogP contribution is 2.31. The van der Waals surface area contributed by atoms with Crippen LogP contribution in [0.5, 0.6) is 0 Å². The summed E-state index contributed by atoms with van der Waals surface area (Å²) in [5, 5.41) is 0. The van der Waals surface area contributed by atoms with Gasteiger partial charge >= 0.3 is 0 Å². The van der Waals surface area contributed by atoms with Crippen molar-refractivity contribution in [3.05, 3.63) is 42.5 Å². The molecule has 0 atom stereocenters. The van der Waals surface area contributed by atoms with E-state index in [-0.39, 0.29) is 0 Å². The van der Waals surface area contributed by atoms with Crippen molar-refractivity contribution < 1.29 is 0 Å². The van der Waals surface area contributed by atoms with Crippen LogP contribution in [0.2, 0.25) is 0 Å². The average Bonchev–Trinajstić information content (AvgIpc) is 2.31. The van der Waals surface area contributed by atoms with E-state index in [1.807, 2.05) is 42.7 Å². The van der Waals surface area contributed by atoms with Crippen molar-refractivity contribution in [1.29, 1.82) is 0 Å². The van der Waals surface area contributed by atoms with Gasteiger partial charge in [0.15, 0.2) is 0 Å². The molecule has 82 valence electrons. The largest absolute Gasteiger partial charge is 0.398 e. The summed E-state index contributed by atoms with van der Waals surface area (Å²) >= 11 is 1.64. The summed E-state index contributed by atoms with van der Waals surface area (Å²) in [5.74, 6) is 0. The number of thioether (sulfide) groups is 1. The number of benzene rings is 2. The van der Waals surface area contributed by atoms with Crippen molar-refractivity contribution in [3.8, 4) is 11.1 Å². The minimum absolute atomic E-state index is 0.791. The standard InChI is InChI=1S/C13H14N2S/c1-16-13-8-9(6-7-12(13)15)10-4-2-3-5-11(10)14/h2-8H,14-15H2,1H3. The van der Waals surface area contributed by atoms with Crippen LogP contribution in [0.3, 0.4) is 0 Å². The van der Waals surface area contributed by atoms with Gasteiger partial charge in [0.05, 0.1) is 0 Å². The van der Waals surface area contributed by atoms with E-state index in [1.165, 1.54) is 0 Å². The van der Waals surface area contributed by atoms with Gasteiger partial charge in [-0.15, -0.1) is 11.8 Å². The van der Waals surface area contributed by atoms with E-state index >= 15 is 0 Å². The fourth-order valence-electron chi connectivity index (χ4n) is 1.64. The number of nitrogen functional groups attached to an aromatic ring is 2. The monoisotopic (exact) mass is 230 g/mol. The van der Waals surface area contributed by atoms with Gasteiger partial charge in [0, 0.05) is 21.8 Å². The van der Waals surface area contributed by atoms with Crippen LogP contribution in [0.15, 0.2) is 47.4 Å². The van der Waals surface area contributed by atoms with Gasteiger partial charge in [-0.3, -0.25) is 0 Å². The number of nitrogens with two attached hydrogens (primary N) is 2. The number of rotatable bonds is 2. The highest BCUT2D eigenvalue weighted by molar-refractivity contribution is 7.98. The summed E-state index contributed by atoms with van der Waals surface area (Å²) in [7, 11) is 0. The average molecular weight is 230 g/mol. The third-order valence-electron chi connectivity index (χ3n) is 2.51. The maximum absolute atomic E-state index is 5.94. The summed E-state index contributed by atoms with van der Waals surface area (Å²) in [5.41, 5.74) is 15.6. The minimum atomic E-state index is 0.791. The van der Waals surface area contributed by atoms with Gasteiger partial charge in [0.1, 0.15) is 0 Å². The van der Waals surface area contributed by atoms with Gasteiger partial charge in [-0.25, -0.2) is 0 Å². The number of anilines is 2. The molecule has 2 nitrogen and oxygen atoms in total. The van der Waals surface area contributed by atoms with Crippen molar-refractivity contribution >= 4 is 23.1 Å². The maximum atomic E-state index is 5.94. The summed E-state index contributed by atoms with van der Waals surface area (Å²) in [4.78, 5) is 1.08. The molecule has 0 aliphatic heterocycles. The van der Waals surface area contributed by atoms with E-state index in [0.29, 0.717) is 0 Å². The van der Waals surface area contributed by atoms with Crippen LogP contribution in [0.4, 0.5) is 11.4 Å². The molecule has 0 saturated carbocycles. The lowest BCUT2D eigenvalue weighted by Crippen LogP contribution is -1.92. The quantitative estimate of drug-likeness (QED) is 0.615. The molecular weight excluding hydrogens is 216 g/mol. The topological polar surface area (TPSA) is 52.0 Å². The van der Waals surface area contributed by atoms with E-state index < -0.39 is 0 Å². The van der Waals surface area contributed by atoms with Crippen LogP contribution >= 0.6 is 11.8 Å². The lowest BCUT2D eigenvalue weighted by atomic mass is 10.0. The van der Waals surface area contributed by atoms with Crippen molar-refractivity contribution in [2.24, 2.45) is 0 Å². The molecule has 0 fully saturated rings. The predicted molar refractivity (Wildman–Crippen MR) is 72.5 cm³/mol. The number of hydrogen-bond acceptors (Lipinski definition) is 3. The molecule has 0 radical (unpaired) electrons. The van der Waals surface area contributed by atoms with Gasteiger partial charge in [-0.05, 0) is 30.0 Å². The molecule has 2 rings (SSSR count). The van der Waals surface area contributed by atoms with Crippen LogP contribution in [-0.2, 0) is 0 Å². The van der Waals surface area contributed by atoms with Gasteiger partial charge in [0.25, 0.3) is 0 Å². The van der Waals surface area contributed by atoms with Gasteiger partial charge in [0.2, 0.25) is 0 Å². The molecule has 0 unspecified atom stereocenters. The molecule has 0 spiro atoms. The Morgan fingerprint density at radius 3 is 2.38 bits per heavy atom. The zero-order valence-corrected chi connectivity index (χ0v) is 9.92. The first-order chi connectivity index (χ1) is 7.72. The predicted octanol–water partition coefficient (Wildman–Crippen LogP) is 3.24. The number of hydrogen-bond donors (Lipinski definition) is 2. The highest BCUT2D eigenvalue weighted by atomic mass is 32.2. The molecule has 0 aromatic heterocycles. The third-order valence-corrected chi connectivity index (χ3v) is 3.30. The lowest BCUT2D eigenvalue weighted by molar-refractivity contribution is 1.46. The third kappa shape index (κ3) is 1.99. The molecule has 0 amide bonds. The van der Waals surface area contributed by atoms with Crippen molar-refractivity contribution in [2.75, 3.05) is 17.7 Å². The van der Waals surface area contributed by atoms with Crippen molar-refractivity contribution in [3.63, 3.8) is 0 Å². The zero-order valence-electron chi connectivity index (χ0n) is 9.10. The molecule has 0 heterocycles. The van der Waals surface area contributed by atoms with Crippen molar-refractivity contribution in [1.82, 2.24) is 0 Å². The normalized spacial score (nSPS) is 10.3. The SMILES string of the molecule is CSc1cc(-c2ccccc2N)ccc1N. The molecule has 2 aromatic rings. The molecule has 2 aromatic carbocycles. The summed E-state index contributed by atoms with van der Waals surface area (Å²) in [6, 6.07) is 13.8. The summed E-state index contributed by atoms with van der Waals surface area (Å²) in [6.07, 6.45) is 2.02. The lowest BCUT2D eigenvalue weighted by Gasteiger charge is -2.08. The Kier molecular flexibility index (Phi) is 3.06. The van der Waals surface area contributed by atoms with Crippen LogP contribution in [0.1, 0.15) is 0 Å². The van der Waals surface area contributed by atoms with E-state index in [2.05, 4.69) is 6.07 Å². The first-order valence-corrected chi connectivity index (χ1v) is 6.23. The molecule has 0 saturated heterocycles. The smallest absolute Gasteiger partial charge is 0.0452 e. The Hall–Kier alpha value is -1.61. The first-order valence-electron chi connectivity index (χ1n) is 5.01. The molecular formula is C13H14N2S. The van der Waals surface area contributed by atoms with Crippen LogP contribution < -0.4 is 11.5 Å². The van der Waals surface area contributed by atoms with Gasteiger partial charge in [-0.2, -0.15) is 0 Å². The van der Waals surface area contributed by atoms with E-state index in [9.17, 15) is 0 Å². The van der Waals surface area contributed by atoms with Gasteiger partial charge in [-0.1, -0.05) is 24.3 Å². The molecule has 0 aliphatic carbocycles. The molecule has 16 heavy (non-hydrogen) atoms. The van der Waals surface area contributed by atoms with Crippen LogP contribution in [0, 0.1) is 0 Å². The Morgan fingerprint density at radius 2 is 1.69 bits per heavy atom. The Labute approximate surface area is 99.7 Å². The Morgan fingerprint density at radius 1 is 0.938 bits per heavy atom. The van der Waals surface area contributed by atoms with Crippen molar-refractivity contribution in [2.45, 2.75) is 4.90 Å². The second-order valence-corrected chi connectivity index (χ2v) is 4.39. The van der Waals surface area contributed by atoms with E-state index in [0.717, 1.165) is 27.4 Å². The zero-order chi connectivity index (χ0) is 11.5. The fraction of sp³-hybridized carbons (Fsp3) is 0.0769. The van der Waals surface area contributed by atoms with E-state index in [4.69, 9.17) is 11.5 Å². The molecule has 0 bridgehead atoms. The Bertz CT molecular complexity index is 509. The minimum Gasteiger partial charge on any atom is -0.398 e. The maximum Gasteiger partial charge on any atom is 0.0452 e. The molecule has 3 heteroatoms. The molecule has 4 N–H and O–H groups in total. The van der Waals surface area contributed by atoms with Crippen LogP contribution in [0.25, 0.3) is 11.1 Å². The Balaban J connectivity index is 2.53. The number of para-hydroxylation sites is 1. The van der Waals surface area contributed by atoms with Gasteiger partial charge < -0.3 is 11.5 Å².